The predicted octanol–water partition coefficient (Wildman–Crippen LogP) is 4.81. The Morgan fingerprint density at radius 3 is 2.28 bits per heavy atom. The topological polar surface area (TPSA) is 52.7 Å². The summed E-state index contributed by atoms with van der Waals surface area (Å²) >= 11 is 12.5. The van der Waals surface area contributed by atoms with Crippen LogP contribution in [0.25, 0.3) is 22.8 Å². The molecule has 0 unspecified atom stereocenters. The van der Waals surface area contributed by atoms with Crippen molar-refractivity contribution in [3.63, 3.8) is 0 Å². The van der Waals surface area contributed by atoms with Crippen molar-refractivity contribution in [2.45, 2.75) is 0 Å². The predicted molar refractivity (Wildman–Crippen MR) is 102 cm³/mol. The van der Waals surface area contributed by atoms with Gasteiger partial charge in [-0.3, -0.25) is 9.36 Å². The van der Waals surface area contributed by atoms with Gasteiger partial charge in [0.25, 0.3) is 0 Å². The quantitative estimate of drug-likeness (QED) is 0.463. The Bertz CT molecular complexity index is 1270. The maximum atomic E-state index is 14.5. The Balaban J connectivity index is 2.17. The van der Waals surface area contributed by atoms with Crippen molar-refractivity contribution < 1.29 is 13.2 Å². The van der Waals surface area contributed by atoms with Gasteiger partial charge in [0.2, 0.25) is 5.82 Å². The standard InChI is InChI=1S/C19H9Cl2F3N4O/c20-11-4-1-2-5-14(11)28-16(15-12(23)8-10(22)9-13(15)24)17(21)26-18(19(28)29)27-7-3-6-25-27/h1-9H. The Morgan fingerprint density at radius 1 is 0.966 bits per heavy atom. The lowest BCUT2D eigenvalue weighted by molar-refractivity contribution is 0.546. The molecule has 0 bridgehead atoms. The highest BCUT2D eigenvalue weighted by Crippen LogP contribution is 2.34. The number of rotatable bonds is 3. The number of hydrogen-bond donors (Lipinski definition) is 0. The van der Waals surface area contributed by atoms with Crippen molar-refractivity contribution in [1.29, 1.82) is 0 Å². The Labute approximate surface area is 171 Å². The molecule has 0 aliphatic rings. The molecule has 0 radical (unpaired) electrons. The van der Waals surface area contributed by atoms with E-state index in [2.05, 4.69) is 10.1 Å². The number of nitrogens with zero attached hydrogens (tertiary/aromatic N) is 4. The van der Waals surface area contributed by atoms with Crippen molar-refractivity contribution in [1.82, 2.24) is 19.3 Å². The molecule has 0 fully saturated rings. The molecule has 4 aromatic rings. The molecular formula is C19H9Cl2F3N4O. The van der Waals surface area contributed by atoms with Crippen LogP contribution < -0.4 is 5.56 Å². The number of para-hydroxylation sites is 1. The second kappa shape index (κ2) is 7.38. The lowest BCUT2D eigenvalue weighted by atomic mass is 10.1. The second-order valence-electron chi connectivity index (χ2n) is 5.86. The van der Waals surface area contributed by atoms with Gasteiger partial charge in [-0.25, -0.2) is 22.8 Å². The highest BCUT2D eigenvalue weighted by atomic mass is 35.5. The fraction of sp³-hybridized carbons (Fsp3) is 0. The summed E-state index contributed by atoms with van der Waals surface area (Å²) in [5.41, 5.74) is -1.80. The first-order chi connectivity index (χ1) is 13.9. The number of aromatic nitrogens is 4. The van der Waals surface area contributed by atoms with Gasteiger partial charge in [0.15, 0.2) is 5.15 Å². The lowest BCUT2D eigenvalue weighted by Crippen LogP contribution is -2.27. The van der Waals surface area contributed by atoms with Crippen LogP contribution in [-0.2, 0) is 0 Å². The van der Waals surface area contributed by atoms with E-state index in [1.165, 1.54) is 24.5 Å². The smallest absolute Gasteiger partial charge is 0.269 e. The van der Waals surface area contributed by atoms with Gasteiger partial charge in [0.05, 0.1) is 22.0 Å². The first-order valence-corrected chi connectivity index (χ1v) is 8.86. The normalized spacial score (nSPS) is 11.1. The van der Waals surface area contributed by atoms with Crippen LogP contribution in [-0.4, -0.2) is 19.3 Å². The van der Waals surface area contributed by atoms with E-state index < -0.39 is 39.4 Å². The molecule has 10 heteroatoms. The second-order valence-corrected chi connectivity index (χ2v) is 6.63. The fourth-order valence-corrected chi connectivity index (χ4v) is 3.36. The molecule has 0 amide bonds. The summed E-state index contributed by atoms with van der Waals surface area (Å²) in [7, 11) is 0. The van der Waals surface area contributed by atoms with Crippen LogP contribution in [0.2, 0.25) is 10.2 Å². The summed E-state index contributed by atoms with van der Waals surface area (Å²) < 4.78 is 44.6. The van der Waals surface area contributed by atoms with Crippen molar-refractivity contribution >= 4 is 23.2 Å². The molecule has 29 heavy (non-hydrogen) atoms. The molecule has 2 aromatic carbocycles. The van der Waals surface area contributed by atoms with E-state index >= 15 is 0 Å². The fourth-order valence-electron chi connectivity index (χ4n) is 2.88. The van der Waals surface area contributed by atoms with Gasteiger partial charge in [0.1, 0.15) is 17.5 Å². The molecule has 2 aromatic heterocycles. The first-order valence-electron chi connectivity index (χ1n) is 8.11. The van der Waals surface area contributed by atoms with Gasteiger partial charge >= 0.3 is 5.56 Å². The van der Waals surface area contributed by atoms with Gasteiger partial charge in [-0.15, -0.1) is 0 Å². The third kappa shape index (κ3) is 3.30. The molecule has 4 rings (SSSR count). The van der Waals surface area contributed by atoms with Gasteiger partial charge in [-0.05, 0) is 18.2 Å². The number of benzene rings is 2. The van der Waals surface area contributed by atoms with Crippen LogP contribution in [0.3, 0.4) is 0 Å². The van der Waals surface area contributed by atoms with Crippen LogP contribution in [0.15, 0.2) is 59.7 Å². The van der Waals surface area contributed by atoms with Gasteiger partial charge in [0, 0.05) is 24.5 Å². The lowest BCUT2D eigenvalue weighted by Gasteiger charge is -2.18. The highest BCUT2D eigenvalue weighted by Gasteiger charge is 2.26. The number of hydrogen-bond acceptors (Lipinski definition) is 3. The first kappa shape index (κ1) is 19.2. The van der Waals surface area contributed by atoms with Crippen LogP contribution in [0, 0.1) is 17.5 Å². The third-order valence-corrected chi connectivity index (χ3v) is 4.66. The minimum absolute atomic E-state index is 0.106. The zero-order valence-electron chi connectivity index (χ0n) is 14.3. The van der Waals surface area contributed by atoms with Crippen molar-refractivity contribution in [2.75, 3.05) is 0 Å². The monoisotopic (exact) mass is 436 g/mol. The number of halogens is 5. The minimum Gasteiger partial charge on any atom is -0.269 e. The molecule has 0 N–H and O–H groups in total. The zero-order valence-corrected chi connectivity index (χ0v) is 15.8. The maximum absolute atomic E-state index is 14.5. The molecule has 0 atom stereocenters. The summed E-state index contributed by atoms with van der Waals surface area (Å²) in [6, 6.07) is 8.68. The highest BCUT2D eigenvalue weighted by molar-refractivity contribution is 6.33. The summed E-state index contributed by atoms with van der Waals surface area (Å²) in [5.74, 6) is -3.84. The van der Waals surface area contributed by atoms with Crippen molar-refractivity contribution in [3.8, 4) is 22.8 Å². The molecular weight excluding hydrogens is 428 g/mol. The summed E-state index contributed by atoms with van der Waals surface area (Å²) in [6.07, 6.45) is 2.87. The van der Waals surface area contributed by atoms with E-state index in [4.69, 9.17) is 23.2 Å². The van der Waals surface area contributed by atoms with Gasteiger partial charge in [-0.1, -0.05) is 35.3 Å². The van der Waals surface area contributed by atoms with Crippen LogP contribution in [0.5, 0.6) is 0 Å². The Morgan fingerprint density at radius 2 is 1.66 bits per heavy atom. The van der Waals surface area contributed by atoms with E-state index in [0.29, 0.717) is 12.1 Å². The zero-order chi connectivity index (χ0) is 20.7. The van der Waals surface area contributed by atoms with Crippen molar-refractivity contribution in [3.05, 3.63) is 92.8 Å². The molecule has 5 nitrogen and oxygen atoms in total. The van der Waals surface area contributed by atoms with E-state index in [1.807, 2.05) is 0 Å². The van der Waals surface area contributed by atoms with E-state index in [9.17, 15) is 18.0 Å². The van der Waals surface area contributed by atoms with E-state index in [0.717, 1.165) is 9.25 Å². The van der Waals surface area contributed by atoms with Crippen LogP contribution in [0.1, 0.15) is 0 Å². The molecule has 0 spiro atoms. The van der Waals surface area contributed by atoms with Crippen molar-refractivity contribution in [2.24, 2.45) is 0 Å². The maximum Gasteiger partial charge on any atom is 0.300 e. The third-order valence-electron chi connectivity index (χ3n) is 4.08. The van der Waals surface area contributed by atoms with E-state index in [-0.39, 0.29) is 16.5 Å². The average Bonchev–Trinajstić information content (AvgIpc) is 3.19. The largest absolute Gasteiger partial charge is 0.300 e. The van der Waals surface area contributed by atoms with Gasteiger partial charge in [-0.2, -0.15) is 5.10 Å². The summed E-state index contributed by atoms with van der Waals surface area (Å²) in [6.45, 7) is 0. The van der Waals surface area contributed by atoms with Crippen LogP contribution >= 0.6 is 23.2 Å². The Kier molecular flexibility index (Phi) is 4.89. The average molecular weight is 437 g/mol. The SMILES string of the molecule is O=c1c(-n2cccn2)nc(Cl)c(-c2c(F)cc(F)cc2F)n1-c1ccccc1Cl. The molecule has 0 saturated carbocycles. The summed E-state index contributed by atoms with van der Waals surface area (Å²) in [5, 5.41) is 3.66. The van der Waals surface area contributed by atoms with Gasteiger partial charge < -0.3 is 0 Å². The Hall–Kier alpha value is -3.10. The molecule has 0 aliphatic carbocycles. The molecule has 2 heterocycles. The minimum atomic E-state index is -1.25. The summed E-state index contributed by atoms with van der Waals surface area (Å²) in [4.78, 5) is 17.2. The van der Waals surface area contributed by atoms with E-state index in [1.54, 1.807) is 18.2 Å². The molecule has 0 aliphatic heterocycles. The molecule has 0 saturated heterocycles. The molecule has 146 valence electrons. The van der Waals surface area contributed by atoms with Crippen LogP contribution in [0.4, 0.5) is 13.2 Å².